The molecule has 1 aromatic carbocycles. The van der Waals surface area contributed by atoms with E-state index in [-0.39, 0.29) is 18.1 Å². The number of aliphatic hydroxyl groups excluding tert-OH is 1. The minimum atomic E-state index is -0.667. The molecule has 1 fully saturated rings. The first-order valence-electron chi connectivity index (χ1n) is 9.32. The van der Waals surface area contributed by atoms with Crippen molar-refractivity contribution >= 4 is 11.3 Å². The monoisotopic (exact) mass is 375 g/mol. The molecule has 2 aromatic rings. The zero-order chi connectivity index (χ0) is 18.4. The highest BCUT2D eigenvalue weighted by Crippen LogP contribution is 2.25. The van der Waals surface area contributed by atoms with Crippen molar-refractivity contribution in [2.24, 2.45) is 5.92 Å². The van der Waals surface area contributed by atoms with Gasteiger partial charge in [0.05, 0.1) is 12.1 Å². The quantitative estimate of drug-likeness (QED) is 0.588. The molecule has 5 nitrogen and oxygen atoms in total. The Morgan fingerprint density at radius 2 is 2.19 bits per heavy atom. The average molecular weight is 376 g/mol. The average Bonchev–Trinajstić information content (AvgIpc) is 3.37. The summed E-state index contributed by atoms with van der Waals surface area (Å²) in [4.78, 5) is 4.47. The molecule has 3 N–H and O–H groups in total. The van der Waals surface area contributed by atoms with Gasteiger partial charge in [0.25, 0.3) is 0 Å². The number of methoxy groups -OCH3 is 1. The zero-order valence-electron chi connectivity index (χ0n) is 15.5. The lowest BCUT2D eigenvalue weighted by Crippen LogP contribution is -2.49. The number of nitrogens with zero attached hydrogens (tertiary/aromatic N) is 1. The van der Waals surface area contributed by atoms with Crippen LogP contribution in [-0.2, 0) is 11.2 Å². The molecule has 1 aromatic heterocycles. The lowest BCUT2D eigenvalue weighted by Gasteiger charge is -2.33. The Labute approximate surface area is 159 Å². The van der Waals surface area contributed by atoms with Gasteiger partial charge in [0, 0.05) is 30.6 Å². The van der Waals surface area contributed by atoms with E-state index < -0.39 is 6.23 Å². The third-order valence-electron chi connectivity index (χ3n) is 5.19. The van der Waals surface area contributed by atoms with Crippen LogP contribution in [0.25, 0.3) is 0 Å². The van der Waals surface area contributed by atoms with Gasteiger partial charge in [-0.05, 0) is 31.4 Å². The lowest BCUT2D eigenvalue weighted by molar-refractivity contribution is -0.0384. The molecule has 0 spiro atoms. The molecule has 3 rings (SSSR count). The smallest absolute Gasteiger partial charge is 0.110 e. The Morgan fingerprint density at radius 1 is 1.38 bits per heavy atom. The molecule has 1 unspecified atom stereocenters. The second kappa shape index (κ2) is 9.58. The van der Waals surface area contributed by atoms with Gasteiger partial charge in [0.2, 0.25) is 0 Å². The predicted octanol–water partition coefficient (Wildman–Crippen LogP) is 2.74. The maximum atomic E-state index is 10.9. The highest BCUT2D eigenvalue weighted by atomic mass is 32.1. The summed E-state index contributed by atoms with van der Waals surface area (Å²) in [6, 6.07) is 10.6. The number of hydrogen-bond donors (Lipinski definition) is 3. The van der Waals surface area contributed by atoms with Crippen LogP contribution in [0.15, 0.2) is 41.9 Å². The molecular formula is C20H29N3O2S. The van der Waals surface area contributed by atoms with E-state index in [1.807, 2.05) is 36.7 Å². The summed E-state index contributed by atoms with van der Waals surface area (Å²) in [6.45, 7) is 3.07. The summed E-state index contributed by atoms with van der Waals surface area (Å²) in [6.07, 6.45) is 4.17. The van der Waals surface area contributed by atoms with Crippen LogP contribution in [0.3, 0.4) is 0 Å². The largest absolute Gasteiger partial charge is 0.379 e. The van der Waals surface area contributed by atoms with E-state index in [2.05, 4.69) is 27.8 Å². The van der Waals surface area contributed by atoms with Crippen LogP contribution in [-0.4, -0.2) is 42.1 Å². The van der Waals surface area contributed by atoms with Crippen LogP contribution in [0.4, 0.5) is 0 Å². The number of aliphatic hydroxyl groups is 1. The summed E-state index contributed by atoms with van der Waals surface area (Å²) in [7, 11) is 1.73. The zero-order valence-corrected chi connectivity index (χ0v) is 16.3. The van der Waals surface area contributed by atoms with Gasteiger partial charge in [0.15, 0.2) is 0 Å². The standard InChI is InChI=1S/C20H29N3O2S/c1-14(18(25-2)16-9-6-10-21-16)19(24)23-17(20-22-11-12-26-20)13-15-7-4-3-5-8-15/h3-5,7-8,11-12,14,16-19,21,23-24H,6,9-10,13H2,1-2H3/t14-,16+,17+,18-,19?/m1/s1. The number of thiazole rings is 1. The Kier molecular flexibility index (Phi) is 7.16. The number of benzene rings is 1. The van der Waals surface area contributed by atoms with Gasteiger partial charge in [0.1, 0.15) is 11.2 Å². The number of aromatic nitrogens is 1. The summed E-state index contributed by atoms with van der Waals surface area (Å²) in [5.74, 6) is -0.0335. The van der Waals surface area contributed by atoms with Crippen molar-refractivity contribution in [3.63, 3.8) is 0 Å². The number of rotatable bonds is 9. The first kappa shape index (κ1) is 19.5. The maximum Gasteiger partial charge on any atom is 0.110 e. The van der Waals surface area contributed by atoms with Crippen molar-refractivity contribution < 1.29 is 9.84 Å². The molecule has 1 saturated heterocycles. The van der Waals surface area contributed by atoms with Gasteiger partial charge < -0.3 is 15.2 Å². The van der Waals surface area contributed by atoms with Crippen molar-refractivity contribution in [3.8, 4) is 0 Å². The molecule has 5 atom stereocenters. The Balaban J connectivity index is 1.68. The third kappa shape index (κ3) is 4.90. The minimum Gasteiger partial charge on any atom is -0.379 e. The van der Waals surface area contributed by atoms with Crippen LogP contribution >= 0.6 is 11.3 Å². The van der Waals surface area contributed by atoms with Gasteiger partial charge in [-0.2, -0.15) is 0 Å². The summed E-state index contributed by atoms with van der Waals surface area (Å²) in [5.41, 5.74) is 1.22. The highest BCUT2D eigenvalue weighted by Gasteiger charge is 2.34. The molecule has 26 heavy (non-hydrogen) atoms. The lowest BCUT2D eigenvalue weighted by atomic mass is 9.94. The van der Waals surface area contributed by atoms with Crippen LogP contribution in [0.2, 0.25) is 0 Å². The molecule has 142 valence electrons. The van der Waals surface area contributed by atoms with Crippen LogP contribution in [0.1, 0.15) is 36.4 Å². The van der Waals surface area contributed by atoms with E-state index in [0.29, 0.717) is 6.04 Å². The fourth-order valence-corrected chi connectivity index (χ4v) is 4.45. The normalized spacial score (nSPS) is 22.0. The predicted molar refractivity (Wildman–Crippen MR) is 105 cm³/mol. The van der Waals surface area contributed by atoms with E-state index in [1.165, 1.54) is 5.56 Å². The van der Waals surface area contributed by atoms with Gasteiger partial charge in [-0.25, -0.2) is 4.98 Å². The molecule has 0 amide bonds. The van der Waals surface area contributed by atoms with E-state index in [9.17, 15) is 5.11 Å². The molecule has 6 heteroatoms. The molecule has 2 heterocycles. The number of nitrogens with one attached hydrogen (secondary N) is 2. The van der Waals surface area contributed by atoms with Crippen molar-refractivity contribution in [2.75, 3.05) is 13.7 Å². The fourth-order valence-electron chi connectivity index (χ4n) is 3.75. The van der Waals surface area contributed by atoms with Gasteiger partial charge in [-0.1, -0.05) is 37.3 Å². The van der Waals surface area contributed by atoms with E-state index >= 15 is 0 Å². The van der Waals surface area contributed by atoms with E-state index in [1.54, 1.807) is 18.4 Å². The minimum absolute atomic E-state index is 0.0197. The number of ether oxygens (including phenoxy) is 1. The Bertz CT molecular complexity index is 632. The van der Waals surface area contributed by atoms with Gasteiger partial charge in [-0.15, -0.1) is 11.3 Å². The molecule has 0 saturated carbocycles. The fraction of sp³-hybridized carbons (Fsp3) is 0.550. The second-order valence-electron chi connectivity index (χ2n) is 6.99. The maximum absolute atomic E-state index is 10.9. The third-order valence-corrected chi connectivity index (χ3v) is 6.08. The van der Waals surface area contributed by atoms with Crippen molar-refractivity contribution in [2.45, 2.75) is 50.6 Å². The Hall–Kier alpha value is -1.31. The molecule has 0 bridgehead atoms. The molecule has 1 aliphatic rings. The number of hydrogen-bond acceptors (Lipinski definition) is 6. The van der Waals surface area contributed by atoms with E-state index in [4.69, 9.17) is 4.74 Å². The van der Waals surface area contributed by atoms with Crippen LogP contribution in [0, 0.1) is 5.92 Å². The SMILES string of the molecule is CO[C@@H]([C@@H]1CCCN1)[C@@H](C)C(O)N[C@@H](Cc1ccccc1)c1nccs1. The molecule has 0 aliphatic carbocycles. The Morgan fingerprint density at radius 3 is 2.81 bits per heavy atom. The van der Waals surface area contributed by atoms with Crippen molar-refractivity contribution in [1.29, 1.82) is 0 Å². The summed E-state index contributed by atoms with van der Waals surface area (Å²) >= 11 is 1.62. The second-order valence-corrected chi connectivity index (χ2v) is 7.91. The van der Waals surface area contributed by atoms with Crippen LogP contribution < -0.4 is 10.6 Å². The molecular weight excluding hydrogens is 346 g/mol. The summed E-state index contributed by atoms with van der Waals surface area (Å²) < 4.78 is 5.73. The molecule has 0 radical (unpaired) electrons. The topological polar surface area (TPSA) is 66.4 Å². The van der Waals surface area contributed by atoms with Gasteiger partial charge >= 0.3 is 0 Å². The molecule has 1 aliphatic heterocycles. The first-order chi connectivity index (χ1) is 12.7. The highest BCUT2D eigenvalue weighted by molar-refractivity contribution is 7.09. The summed E-state index contributed by atoms with van der Waals surface area (Å²) in [5, 5.41) is 20.7. The van der Waals surface area contributed by atoms with Crippen LogP contribution in [0.5, 0.6) is 0 Å². The van der Waals surface area contributed by atoms with Gasteiger partial charge in [-0.3, -0.25) is 5.32 Å². The first-order valence-corrected chi connectivity index (χ1v) is 10.2. The van der Waals surface area contributed by atoms with E-state index in [0.717, 1.165) is 30.8 Å². The van der Waals surface area contributed by atoms with Crippen molar-refractivity contribution in [3.05, 3.63) is 52.5 Å². The van der Waals surface area contributed by atoms with Crippen molar-refractivity contribution in [1.82, 2.24) is 15.6 Å².